The fraction of sp³-hybridized carbons (Fsp3) is 0.133. The van der Waals surface area contributed by atoms with Crippen LogP contribution in [-0.2, 0) is 6.54 Å². The van der Waals surface area contributed by atoms with E-state index in [0.29, 0.717) is 17.8 Å². The normalized spacial score (nSPS) is 9.60. The number of nitriles is 1. The number of pyridine rings is 1. The van der Waals surface area contributed by atoms with Crippen LogP contribution in [0, 0.1) is 18.3 Å². The van der Waals surface area contributed by atoms with Crippen molar-refractivity contribution in [1.29, 1.82) is 5.26 Å². The average Bonchev–Trinajstić information content (AvgIpc) is 2.48. The topological polar surface area (TPSA) is 77.8 Å². The van der Waals surface area contributed by atoms with Crippen LogP contribution >= 0.6 is 0 Å². The highest BCUT2D eigenvalue weighted by Gasteiger charge is 2.05. The number of carbonyl (C=O) groups excluding carboxylic acids is 1. The molecule has 0 aliphatic heterocycles. The molecule has 0 aliphatic rings. The standard InChI is InChI=1S/C15H14N4O/c1-11-5-6-12(9-16)8-14(11)19-15(20)18-10-13-4-2-3-7-17-13/h2-8H,10H2,1H3,(H2,18,19,20). The van der Waals surface area contributed by atoms with Gasteiger partial charge in [-0.2, -0.15) is 5.26 Å². The molecule has 2 N–H and O–H groups in total. The monoisotopic (exact) mass is 266 g/mol. The van der Waals surface area contributed by atoms with Crippen LogP contribution in [0.4, 0.5) is 10.5 Å². The molecule has 5 nitrogen and oxygen atoms in total. The number of nitrogens with zero attached hydrogens (tertiary/aromatic N) is 2. The van der Waals surface area contributed by atoms with E-state index in [1.165, 1.54) is 0 Å². The lowest BCUT2D eigenvalue weighted by atomic mass is 10.1. The van der Waals surface area contributed by atoms with Gasteiger partial charge in [-0.1, -0.05) is 12.1 Å². The minimum atomic E-state index is -0.325. The molecule has 100 valence electrons. The van der Waals surface area contributed by atoms with Gasteiger partial charge in [0.1, 0.15) is 0 Å². The molecule has 0 aliphatic carbocycles. The molecule has 0 radical (unpaired) electrons. The molecular formula is C15H14N4O. The largest absolute Gasteiger partial charge is 0.332 e. The Bertz CT molecular complexity index is 647. The van der Waals surface area contributed by atoms with Crippen molar-refractivity contribution < 1.29 is 4.79 Å². The van der Waals surface area contributed by atoms with Crippen LogP contribution in [0.25, 0.3) is 0 Å². The van der Waals surface area contributed by atoms with E-state index in [1.807, 2.05) is 31.2 Å². The third-order valence-corrected chi connectivity index (χ3v) is 2.77. The number of hydrogen-bond acceptors (Lipinski definition) is 3. The van der Waals surface area contributed by atoms with E-state index in [1.54, 1.807) is 24.4 Å². The summed E-state index contributed by atoms with van der Waals surface area (Å²) in [5.74, 6) is 0. The van der Waals surface area contributed by atoms with Crippen LogP contribution in [0.2, 0.25) is 0 Å². The Labute approximate surface area is 117 Å². The SMILES string of the molecule is Cc1ccc(C#N)cc1NC(=O)NCc1ccccn1. The van der Waals surface area contributed by atoms with Crippen LogP contribution in [0.15, 0.2) is 42.6 Å². The van der Waals surface area contributed by atoms with E-state index in [4.69, 9.17) is 5.26 Å². The fourth-order valence-corrected chi connectivity index (χ4v) is 1.67. The number of amides is 2. The third-order valence-electron chi connectivity index (χ3n) is 2.77. The molecule has 0 spiro atoms. The molecule has 0 atom stereocenters. The number of aryl methyl sites for hydroxylation is 1. The van der Waals surface area contributed by atoms with E-state index in [0.717, 1.165) is 11.3 Å². The van der Waals surface area contributed by atoms with Crippen LogP contribution < -0.4 is 10.6 Å². The van der Waals surface area contributed by atoms with Crippen molar-refractivity contribution in [1.82, 2.24) is 10.3 Å². The highest BCUT2D eigenvalue weighted by Crippen LogP contribution is 2.16. The first-order chi connectivity index (χ1) is 9.69. The van der Waals surface area contributed by atoms with E-state index in [2.05, 4.69) is 15.6 Å². The van der Waals surface area contributed by atoms with E-state index in [9.17, 15) is 4.79 Å². The van der Waals surface area contributed by atoms with Gasteiger partial charge >= 0.3 is 6.03 Å². The highest BCUT2D eigenvalue weighted by atomic mass is 16.2. The summed E-state index contributed by atoms with van der Waals surface area (Å²) in [5.41, 5.74) is 2.82. The molecule has 0 fully saturated rings. The summed E-state index contributed by atoms with van der Waals surface area (Å²) >= 11 is 0. The minimum Gasteiger partial charge on any atom is -0.332 e. The van der Waals surface area contributed by atoms with Crippen LogP contribution in [-0.4, -0.2) is 11.0 Å². The lowest BCUT2D eigenvalue weighted by molar-refractivity contribution is 0.251. The molecule has 0 unspecified atom stereocenters. The summed E-state index contributed by atoms with van der Waals surface area (Å²) < 4.78 is 0. The predicted octanol–water partition coefficient (Wildman–Crippen LogP) is 2.58. The van der Waals surface area contributed by atoms with Gasteiger partial charge in [0.05, 0.1) is 23.9 Å². The minimum absolute atomic E-state index is 0.325. The Balaban J connectivity index is 1.97. The predicted molar refractivity (Wildman–Crippen MR) is 76.0 cm³/mol. The number of rotatable bonds is 3. The Morgan fingerprint density at radius 1 is 1.35 bits per heavy atom. The molecule has 1 heterocycles. The Morgan fingerprint density at radius 2 is 2.20 bits per heavy atom. The van der Waals surface area contributed by atoms with Gasteiger partial charge in [-0.15, -0.1) is 0 Å². The molecule has 20 heavy (non-hydrogen) atoms. The van der Waals surface area contributed by atoms with Crippen molar-refractivity contribution in [2.75, 3.05) is 5.32 Å². The quantitative estimate of drug-likeness (QED) is 0.896. The van der Waals surface area contributed by atoms with Crippen LogP contribution in [0.5, 0.6) is 0 Å². The highest BCUT2D eigenvalue weighted by molar-refractivity contribution is 5.90. The maximum Gasteiger partial charge on any atom is 0.319 e. The zero-order valence-electron chi connectivity index (χ0n) is 11.1. The second kappa shape index (κ2) is 6.34. The fourth-order valence-electron chi connectivity index (χ4n) is 1.67. The van der Waals surface area contributed by atoms with Gasteiger partial charge in [-0.25, -0.2) is 4.79 Å². The molecule has 2 aromatic rings. The van der Waals surface area contributed by atoms with Gasteiger partial charge in [-0.3, -0.25) is 4.98 Å². The number of carbonyl (C=O) groups is 1. The van der Waals surface area contributed by atoms with E-state index in [-0.39, 0.29) is 6.03 Å². The second-order valence-electron chi connectivity index (χ2n) is 4.27. The van der Waals surface area contributed by atoms with Crippen LogP contribution in [0.3, 0.4) is 0 Å². The van der Waals surface area contributed by atoms with Crippen molar-refractivity contribution in [3.05, 3.63) is 59.4 Å². The molecule has 0 bridgehead atoms. The number of nitrogens with one attached hydrogen (secondary N) is 2. The first-order valence-electron chi connectivity index (χ1n) is 6.14. The van der Waals surface area contributed by atoms with Crippen molar-refractivity contribution in [3.8, 4) is 6.07 Å². The summed E-state index contributed by atoms with van der Waals surface area (Å²) in [5, 5.41) is 14.3. The van der Waals surface area contributed by atoms with Gasteiger partial charge < -0.3 is 10.6 Å². The molecule has 1 aromatic heterocycles. The van der Waals surface area contributed by atoms with E-state index >= 15 is 0 Å². The van der Waals surface area contributed by atoms with Gasteiger partial charge in [0.25, 0.3) is 0 Å². The smallest absolute Gasteiger partial charge is 0.319 e. The Morgan fingerprint density at radius 3 is 2.90 bits per heavy atom. The molecule has 2 amide bonds. The molecule has 5 heteroatoms. The summed E-state index contributed by atoms with van der Waals surface area (Å²) in [7, 11) is 0. The van der Waals surface area contributed by atoms with Crippen molar-refractivity contribution in [2.45, 2.75) is 13.5 Å². The lowest BCUT2D eigenvalue weighted by Gasteiger charge is -2.10. The molecule has 1 aromatic carbocycles. The third kappa shape index (κ3) is 3.56. The summed E-state index contributed by atoms with van der Waals surface area (Å²) in [6, 6.07) is 12.4. The van der Waals surface area contributed by atoms with Gasteiger partial charge in [0, 0.05) is 11.9 Å². The Kier molecular flexibility index (Phi) is 4.30. The van der Waals surface area contributed by atoms with Crippen molar-refractivity contribution in [2.24, 2.45) is 0 Å². The lowest BCUT2D eigenvalue weighted by Crippen LogP contribution is -2.28. The molecular weight excluding hydrogens is 252 g/mol. The first kappa shape index (κ1) is 13.6. The van der Waals surface area contributed by atoms with Gasteiger partial charge in [0.15, 0.2) is 0 Å². The summed E-state index contributed by atoms with van der Waals surface area (Å²) in [6.07, 6.45) is 1.68. The number of benzene rings is 1. The van der Waals surface area contributed by atoms with Gasteiger partial charge in [-0.05, 0) is 36.8 Å². The Hall–Kier alpha value is -2.87. The molecule has 0 saturated carbocycles. The van der Waals surface area contributed by atoms with Crippen LogP contribution in [0.1, 0.15) is 16.8 Å². The number of anilines is 1. The van der Waals surface area contributed by atoms with Crippen molar-refractivity contribution >= 4 is 11.7 Å². The van der Waals surface area contributed by atoms with Crippen molar-refractivity contribution in [3.63, 3.8) is 0 Å². The zero-order valence-corrected chi connectivity index (χ0v) is 11.1. The molecule has 0 saturated heterocycles. The second-order valence-corrected chi connectivity index (χ2v) is 4.27. The summed E-state index contributed by atoms with van der Waals surface area (Å²) in [4.78, 5) is 15.9. The maximum absolute atomic E-state index is 11.8. The average molecular weight is 266 g/mol. The first-order valence-corrected chi connectivity index (χ1v) is 6.14. The number of urea groups is 1. The number of hydrogen-bond donors (Lipinski definition) is 2. The molecule has 2 rings (SSSR count). The number of aromatic nitrogens is 1. The summed E-state index contributed by atoms with van der Waals surface area (Å²) in [6.45, 7) is 2.22. The maximum atomic E-state index is 11.8. The zero-order chi connectivity index (χ0) is 14.4. The van der Waals surface area contributed by atoms with E-state index < -0.39 is 0 Å². The van der Waals surface area contributed by atoms with Gasteiger partial charge in [0.2, 0.25) is 0 Å².